The second-order valence-corrected chi connectivity index (χ2v) is 8.11. The summed E-state index contributed by atoms with van der Waals surface area (Å²) in [5.41, 5.74) is 3.36. The zero-order valence-electron chi connectivity index (χ0n) is 17.5. The van der Waals surface area contributed by atoms with Gasteiger partial charge in [-0.05, 0) is 6.92 Å². The number of hydrogen-bond acceptors (Lipinski definition) is 5. The van der Waals surface area contributed by atoms with Gasteiger partial charge >= 0.3 is 0 Å². The lowest BCUT2D eigenvalue weighted by atomic mass is 10.1. The minimum Gasteiger partial charge on any atom is -0.370 e. The Morgan fingerprint density at radius 3 is 2.97 bits per heavy atom. The van der Waals surface area contributed by atoms with Crippen LogP contribution in [0.1, 0.15) is 24.3 Å². The fourth-order valence-corrected chi connectivity index (χ4v) is 4.35. The van der Waals surface area contributed by atoms with Crippen molar-refractivity contribution < 1.29 is 4.74 Å². The van der Waals surface area contributed by atoms with Crippen LogP contribution >= 0.6 is 11.3 Å². The van der Waals surface area contributed by atoms with Crippen LogP contribution < -0.4 is 5.32 Å². The summed E-state index contributed by atoms with van der Waals surface area (Å²) in [7, 11) is 1.93. The molecule has 1 N–H and O–H groups in total. The lowest BCUT2D eigenvalue weighted by molar-refractivity contribution is -0.00803. The number of aliphatic imine (C=N–C) groups is 1. The van der Waals surface area contributed by atoms with Crippen LogP contribution in [-0.4, -0.2) is 58.4 Å². The molecule has 1 unspecified atom stereocenters. The van der Waals surface area contributed by atoms with Crippen molar-refractivity contribution in [3.05, 3.63) is 59.4 Å². The highest BCUT2D eigenvalue weighted by Gasteiger charge is 2.25. The summed E-state index contributed by atoms with van der Waals surface area (Å²) in [5.74, 6) is 0.938. The Bertz CT molecular complexity index is 967. The average Bonchev–Trinajstić information content (AvgIpc) is 3.43. The van der Waals surface area contributed by atoms with E-state index in [1.807, 2.05) is 42.3 Å². The van der Waals surface area contributed by atoms with Crippen molar-refractivity contribution >= 4 is 17.3 Å². The maximum atomic E-state index is 5.97. The zero-order valence-corrected chi connectivity index (χ0v) is 18.3. The molecule has 4 rings (SSSR count). The van der Waals surface area contributed by atoms with Gasteiger partial charge in [0.25, 0.3) is 0 Å². The molecule has 0 saturated carbocycles. The van der Waals surface area contributed by atoms with Crippen molar-refractivity contribution in [1.29, 1.82) is 0 Å². The normalized spacial score (nSPS) is 17.3. The smallest absolute Gasteiger partial charge is 0.194 e. The minimum atomic E-state index is 0.0169. The molecule has 1 aliphatic rings. The number of nitrogens with zero attached hydrogens (tertiary/aromatic N) is 5. The summed E-state index contributed by atoms with van der Waals surface area (Å²) < 4.78 is 7.78. The number of nitrogens with one attached hydrogen (secondary N) is 1. The van der Waals surface area contributed by atoms with E-state index in [4.69, 9.17) is 14.7 Å². The minimum absolute atomic E-state index is 0.0169. The number of thiazole rings is 1. The van der Waals surface area contributed by atoms with E-state index in [1.165, 1.54) is 5.56 Å². The van der Waals surface area contributed by atoms with Gasteiger partial charge < -0.3 is 15.0 Å². The lowest BCUT2D eigenvalue weighted by Crippen LogP contribution is -2.48. The van der Waals surface area contributed by atoms with Crippen LogP contribution in [0.2, 0.25) is 0 Å². The van der Waals surface area contributed by atoms with Gasteiger partial charge in [0.05, 0.1) is 25.0 Å². The van der Waals surface area contributed by atoms with E-state index in [0.717, 1.165) is 48.3 Å². The Morgan fingerprint density at radius 1 is 1.33 bits per heavy atom. The molecule has 1 aromatic carbocycles. The van der Waals surface area contributed by atoms with E-state index in [2.05, 4.69) is 39.8 Å². The number of rotatable bonds is 6. The Morgan fingerprint density at radius 2 is 2.20 bits per heavy atom. The molecule has 1 saturated heterocycles. The summed E-state index contributed by atoms with van der Waals surface area (Å²) in [6.45, 7) is 5.92. The van der Waals surface area contributed by atoms with Crippen molar-refractivity contribution in [3.63, 3.8) is 0 Å². The Hall–Kier alpha value is -2.71. The highest BCUT2D eigenvalue weighted by atomic mass is 32.1. The first kappa shape index (κ1) is 20.6. The first-order chi connectivity index (χ1) is 14.7. The van der Waals surface area contributed by atoms with Crippen LogP contribution in [-0.2, 0) is 18.2 Å². The molecule has 158 valence electrons. The van der Waals surface area contributed by atoms with E-state index in [-0.39, 0.29) is 6.10 Å². The Balaban J connectivity index is 1.38. The maximum absolute atomic E-state index is 5.97. The molecule has 3 aromatic rings. The number of morpholine rings is 1. The SMILES string of the molecule is CCNC(=NCCc1csc(-c2ccccc2)n1)N1CCOC(c2cnn(C)c2)C1. The monoisotopic (exact) mass is 424 g/mol. The van der Waals surface area contributed by atoms with Crippen molar-refractivity contribution in [3.8, 4) is 10.6 Å². The number of aromatic nitrogens is 3. The molecular formula is C22H28N6OS. The van der Waals surface area contributed by atoms with E-state index < -0.39 is 0 Å². The molecule has 0 spiro atoms. The van der Waals surface area contributed by atoms with Gasteiger partial charge in [0.1, 0.15) is 11.1 Å². The largest absolute Gasteiger partial charge is 0.370 e. The van der Waals surface area contributed by atoms with E-state index in [0.29, 0.717) is 13.2 Å². The molecule has 30 heavy (non-hydrogen) atoms. The molecule has 0 aliphatic carbocycles. The predicted molar refractivity (Wildman–Crippen MR) is 121 cm³/mol. The predicted octanol–water partition coefficient (Wildman–Crippen LogP) is 3.13. The van der Waals surface area contributed by atoms with Crippen LogP contribution in [0, 0.1) is 0 Å². The lowest BCUT2D eigenvalue weighted by Gasteiger charge is -2.34. The highest BCUT2D eigenvalue weighted by molar-refractivity contribution is 7.13. The zero-order chi connectivity index (χ0) is 20.8. The Kier molecular flexibility index (Phi) is 6.76. The molecule has 1 atom stereocenters. The molecule has 2 aromatic heterocycles. The summed E-state index contributed by atoms with van der Waals surface area (Å²) in [6.07, 6.45) is 4.74. The van der Waals surface area contributed by atoms with Crippen molar-refractivity contribution in [2.24, 2.45) is 12.0 Å². The van der Waals surface area contributed by atoms with Crippen LogP contribution in [0.4, 0.5) is 0 Å². The first-order valence-corrected chi connectivity index (χ1v) is 11.2. The van der Waals surface area contributed by atoms with Gasteiger partial charge in [0.15, 0.2) is 5.96 Å². The number of aryl methyl sites for hydroxylation is 1. The van der Waals surface area contributed by atoms with E-state index >= 15 is 0 Å². The third-order valence-electron chi connectivity index (χ3n) is 5.00. The van der Waals surface area contributed by atoms with Crippen molar-refractivity contribution in [1.82, 2.24) is 25.0 Å². The molecule has 1 aliphatic heterocycles. The van der Waals surface area contributed by atoms with E-state index in [9.17, 15) is 0 Å². The van der Waals surface area contributed by atoms with Gasteiger partial charge in [-0.3, -0.25) is 9.67 Å². The summed E-state index contributed by atoms with van der Waals surface area (Å²) >= 11 is 1.69. The highest BCUT2D eigenvalue weighted by Crippen LogP contribution is 2.24. The standard InChI is InChI=1S/C22H28N6OS/c1-3-23-22(28-11-12-29-20(15-28)18-13-25-27(2)14-18)24-10-9-19-16-30-21(26-19)17-7-5-4-6-8-17/h4-8,13-14,16,20H,3,9-12,15H2,1-2H3,(H,23,24). The quantitative estimate of drug-likeness (QED) is 0.486. The van der Waals surface area contributed by atoms with Gasteiger partial charge in [0.2, 0.25) is 0 Å². The number of guanidine groups is 1. The molecule has 0 bridgehead atoms. The Labute approximate surface area is 181 Å². The fraction of sp³-hybridized carbons (Fsp3) is 0.409. The third kappa shape index (κ3) is 5.06. The number of hydrogen-bond donors (Lipinski definition) is 1. The van der Waals surface area contributed by atoms with Crippen LogP contribution in [0.15, 0.2) is 53.1 Å². The topological polar surface area (TPSA) is 67.6 Å². The molecule has 7 nitrogen and oxygen atoms in total. The number of ether oxygens (including phenoxy) is 1. The fourth-order valence-electron chi connectivity index (χ4n) is 3.49. The molecule has 0 radical (unpaired) electrons. The van der Waals surface area contributed by atoms with Gasteiger partial charge in [-0.15, -0.1) is 11.3 Å². The molecule has 8 heteroatoms. The van der Waals surface area contributed by atoms with Gasteiger partial charge in [-0.1, -0.05) is 30.3 Å². The van der Waals surface area contributed by atoms with Crippen molar-refractivity contribution in [2.45, 2.75) is 19.4 Å². The van der Waals surface area contributed by atoms with Crippen LogP contribution in [0.3, 0.4) is 0 Å². The summed E-state index contributed by atoms with van der Waals surface area (Å²) in [5, 5.41) is 10.9. The second kappa shape index (κ2) is 9.86. The molecule has 0 amide bonds. The van der Waals surface area contributed by atoms with Gasteiger partial charge in [-0.25, -0.2) is 4.98 Å². The van der Waals surface area contributed by atoms with Crippen LogP contribution in [0.5, 0.6) is 0 Å². The second-order valence-electron chi connectivity index (χ2n) is 7.25. The summed E-state index contributed by atoms with van der Waals surface area (Å²) in [6, 6.07) is 10.3. The molecule has 3 heterocycles. The summed E-state index contributed by atoms with van der Waals surface area (Å²) in [4.78, 5) is 11.9. The van der Waals surface area contributed by atoms with Crippen LogP contribution in [0.25, 0.3) is 10.6 Å². The third-order valence-corrected chi connectivity index (χ3v) is 5.94. The van der Waals surface area contributed by atoms with Gasteiger partial charge in [0, 0.05) is 55.8 Å². The maximum Gasteiger partial charge on any atom is 0.194 e. The van der Waals surface area contributed by atoms with E-state index in [1.54, 1.807) is 11.3 Å². The number of benzene rings is 1. The van der Waals surface area contributed by atoms with Crippen molar-refractivity contribution in [2.75, 3.05) is 32.8 Å². The average molecular weight is 425 g/mol. The van der Waals surface area contributed by atoms with Gasteiger partial charge in [-0.2, -0.15) is 5.10 Å². The first-order valence-electron chi connectivity index (χ1n) is 10.4. The molecule has 1 fully saturated rings. The molecular weight excluding hydrogens is 396 g/mol.